The summed E-state index contributed by atoms with van der Waals surface area (Å²) < 4.78 is 28.4. The number of imidazole rings is 1. The summed E-state index contributed by atoms with van der Waals surface area (Å²) in [6, 6.07) is 9.92. The van der Waals surface area contributed by atoms with Gasteiger partial charge in [0.1, 0.15) is 5.82 Å². The Kier molecular flexibility index (Phi) is 8.36. The first-order chi connectivity index (χ1) is 13.2. The topological polar surface area (TPSA) is 72.1 Å². The average Bonchev–Trinajstić information content (AvgIpc) is 3.34. The molecule has 2 aromatic heterocycles. The summed E-state index contributed by atoms with van der Waals surface area (Å²) in [6.07, 6.45) is 6.26. The zero-order valence-corrected chi connectivity index (χ0v) is 17.6. The Morgan fingerprint density at radius 2 is 1.82 bits per heavy atom. The number of rotatable bonds is 7. The van der Waals surface area contributed by atoms with E-state index >= 15 is 0 Å². The van der Waals surface area contributed by atoms with Gasteiger partial charge in [-0.15, -0.1) is 24.0 Å². The molecular weight excluding hydrogens is 479 g/mol. The molecule has 0 unspecified atom stereocenters. The molecule has 0 saturated carbocycles. The predicted octanol–water partition coefficient (Wildman–Crippen LogP) is 3.01. The van der Waals surface area contributed by atoms with E-state index in [2.05, 4.69) is 25.7 Å². The Balaban J connectivity index is 0.00000280. The molecule has 7 nitrogen and oxygen atoms in total. The molecule has 0 aliphatic rings. The summed E-state index contributed by atoms with van der Waals surface area (Å²) in [5.41, 5.74) is 2.24. The molecule has 0 aliphatic carbocycles. The molecule has 0 aliphatic heterocycles. The second kappa shape index (κ2) is 10.7. The van der Waals surface area contributed by atoms with Crippen LogP contribution in [0.2, 0.25) is 0 Å². The van der Waals surface area contributed by atoms with Gasteiger partial charge >= 0.3 is 6.55 Å². The first-order valence-electron chi connectivity index (χ1n) is 8.46. The van der Waals surface area contributed by atoms with Crippen LogP contribution in [0.25, 0.3) is 0 Å². The molecule has 2 N–H and O–H groups in total. The van der Waals surface area contributed by atoms with Crippen molar-refractivity contribution < 1.29 is 8.78 Å². The number of benzene rings is 1. The molecule has 0 amide bonds. The van der Waals surface area contributed by atoms with Crippen molar-refractivity contribution in [2.75, 3.05) is 7.05 Å². The van der Waals surface area contributed by atoms with Crippen LogP contribution in [0.4, 0.5) is 8.78 Å². The molecule has 1 aromatic carbocycles. The summed E-state index contributed by atoms with van der Waals surface area (Å²) in [5, 5.41) is 10.4. The van der Waals surface area contributed by atoms with Crippen LogP contribution >= 0.6 is 24.0 Å². The van der Waals surface area contributed by atoms with Gasteiger partial charge in [-0.25, -0.2) is 4.98 Å². The van der Waals surface area contributed by atoms with Gasteiger partial charge in [0, 0.05) is 38.4 Å². The van der Waals surface area contributed by atoms with E-state index in [1.807, 2.05) is 41.2 Å². The minimum absolute atomic E-state index is 0. The lowest BCUT2D eigenvalue weighted by atomic mass is 10.1. The number of halogens is 3. The Morgan fingerprint density at radius 1 is 1.07 bits per heavy atom. The largest absolute Gasteiger partial charge is 0.352 e. The van der Waals surface area contributed by atoms with Crippen LogP contribution in [-0.2, 0) is 19.6 Å². The van der Waals surface area contributed by atoms with E-state index in [9.17, 15) is 8.78 Å². The molecule has 0 saturated heterocycles. The van der Waals surface area contributed by atoms with E-state index in [0.717, 1.165) is 15.7 Å². The fourth-order valence-corrected chi connectivity index (χ4v) is 2.67. The maximum atomic E-state index is 12.9. The summed E-state index contributed by atoms with van der Waals surface area (Å²) in [4.78, 5) is 8.08. The molecule has 150 valence electrons. The van der Waals surface area contributed by atoms with Crippen molar-refractivity contribution in [3.63, 3.8) is 0 Å². The van der Waals surface area contributed by atoms with Crippen molar-refractivity contribution in [3.8, 4) is 0 Å². The maximum absolute atomic E-state index is 12.9. The summed E-state index contributed by atoms with van der Waals surface area (Å²) in [6.45, 7) is -1.26. The van der Waals surface area contributed by atoms with Crippen LogP contribution in [0.5, 0.6) is 0 Å². The fourth-order valence-electron chi connectivity index (χ4n) is 2.67. The Bertz CT molecular complexity index is 878. The van der Waals surface area contributed by atoms with Gasteiger partial charge in [-0.2, -0.15) is 13.9 Å². The molecule has 10 heteroatoms. The first-order valence-corrected chi connectivity index (χ1v) is 8.46. The minimum atomic E-state index is -2.62. The van der Waals surface area contributed by atoms with Crippen LogP contribution < -0.4 is 10.6 Å². The second-order valence-corrected chi connectivity index (χ2v) is 5.78. The van der Waals surface area contributed by atoms with E-state index in [4.69, 9.17) is 0 Å². The van der Waals surface area contributed by atoms with E-state index in [1.54, 1.807) is 13.2 Å². The third-order valence-corrected chi connectivity index (χ3v) is 4.05. The molecule has 3 aromatic rings. The quantitative estimate of drug-likeness (QED) is 0.297. The molecule has 2 heterocycles. The van der Waals surface area contributed by atoms with Crippen molar-refractivity contribution in [2.24, 2.45) is 4.99 Å². The van der Waals surface area contributed by atoms with E-state index in [-0.39, 0.29) is 36.3 Å². The van der Waals surface area contributed by atoms with Crippen molar-refractivity contribution in [1.82, 2.24) is 30.0 Å². The van der Waals surface area contributed by atoms with Gasteiger partial charge in [0.25, 0.3) is 0 Å². The Morgan fingerprint density at radius 3 is 2.50 bits per heavy atom. The first kappa shape index (κ1) is 21.8. The zero-order chi connectivity index (χ0) is 19.1. The van der Waals surface area contributed by atoms with Gasteiger partial charge in [0.2, 0.25) is 0 Å². The lowest BCUT2D eigenvalue weighted by Gasteiger charge is -2.15. The van der Waals surface area contributed by atoms with Crippen LogP contribution in [0, 0.1) is 0 Å². The predicted molar refractivity (Wildman–Crippen MR) is 114 cm³/mol. The number of nitrogens with zero attached hydrogens (tertiary/aromatic N) is 5. The van der Waals surface area contributed by atoms with Crippen molar-refractivity contribution in [3.05, 3.63) is 72.1 Å². The monoisotopic (exact) mass is 501 g/mol. The zero-order valence-electron chi connectivity index (χ0n) is 15.3. The van der Waals surface area contributed by atoms with Crippen LogP contribution in [0.3, 0.4) is 0 Å². The Hall–Kier alpha value is -2.50. The van der Waals surface area contributed by atoms with Crippen molar-refractivity contribution in [1.29, 1.82) is 0 Å². The van der Waals surface area contributed by atoms with Gasteiger partial charge in [0.05, 0.1) is 13.1 Å². The molecule has 0 spiro atoms. The number of hydrogen-bond acceptors (Lipinski definition) is 3. The van der Waals surface area contributed by atoms with Crippen molar-refractivity contribution >= 4 is 29.9 Å². The number of hydrogen-bond donors (Lipinski definition) is 2. The lowest BCUT2D eigenvalue weighted by Crippen LogP contribution is -2.37. The van der Waals surface area contributed by atoms with Gasteiger partial charge < -0.3 is 10.6 Å². The van der Waals surface area contributed by atoms with Gasteiger partial charge in [0.15, 0.2) is 5.96 Å². The van der Waals surface area contributed by atoms with Gasteiger partial charge in [-0.3, -0.25) is 14.2 Å². The summed E-state index contributed by atoms with van der Waals surface area (Å²) >= 11 is 0. The number of aromatic nitrogens is 4. The molecule has 28 heavy (non-hydrogen) atoms. The maximum Gasteiger partial charge on any atom is 0.319 e. The van der Waals surface area contributed by atoms with E-state index in [1.165, 1.54) is 12.4 Å². The van der Waals surface area contributed by atoms with Crippen LogP contribution in [-0.4, -0.2) is 32.3 Å². The van der Waals surface area contributed by atoms with Crippen molar-refractivity contribution in [2.45, 2.75) is 26.2 Å². The summed E-state index contributed by atoms with van der Waals surface area (Å²) in [5.74, 6) is 0.750. The van der Waals surface area contributed by atoms with E-state index < -0.39 is 6.55 Å². The van der Waals surface area contributed by atoms with E-state index in [0.29, 0.717) is 19.0 Å². The standard InChI is InChI=1S/C18H21F2N7.HI/c1-21-18(24-12-16-22-8-10-27(16)17(19)20)23-11-14-5-2-3-6-15(14)13-26-9-4-7-25-26;/h2-10,17H,11-13H2,1H3,(H2,21,23,24);1H. The fraction of sp³-hybridized carbons (Fsp3) is 0.278. The smallest absolute Gasteiger partial charge is 0.319 e. The number of alkyl halides is 2. The van der Waals surface area contributed by atoms with Gasteiger partial charge in [-0.1, -0.05) is 24.3 Å². The third kappa shape index (κ3) is 5.75. The van der Waals surface area contributed by atoms with Crippen LogP contribution in [0.1, 0.15) is 23.5 Å². The highest BCUT2D eigenvalue weighted by Gasteiger charge is 2.11. The highest BCUT2D eigenvalue weighted by atomic mass is 127. The molecule has 0 radical (unpaired) electrons. The molecule has 0 atom stereocenters. The average molecular weight is 501 g/mol. The van der Waals surface area contributed by atoms with Crippen LogP contribution in [0.15, 0.2) is 60.1 Å². The molecule has 0 bridgehead atoms. The third-order valence-electron chi connectivity index (χ3n) is 4.05. The number of nitrogens with one attached hydrogen (secondary N) is 2. The normalized spacial score (nSPS) is 11.4. The number of guanidine groups is 1. The highest BCUT2D eigenvalue weighted by molar-refractivity contribution is 14.0. The molecule has 3 rings (SSSR count). The molecular formula is C18H22F2IN7. The molecule has 0 fully saturated rings. The van der Waals surface area contributed by atoms with Gasteiger partial charge in [-0.05, 0) is 17.2 Å². The SMILES string of the molecule is CN=C(NCc1ccccc1Cn1cccn1)NCc1nccn1C(F)F.I. The number of aliphatic imine (C=N–C) groups is 1. The second-order valence-electron chi connectivity index (χ2n) is 5.78. The Labute approximate surface area is 178 Å². The summed E-state index contributed by atoms with van der Waals surface area (Å²) in [7, 11) is 1.63. The lowest BCUT2D eigenvalue weighted by molar-refractivity contribution is 0.0668. The minimum Gasteiger partial charge on any atom is -0.352 e. The highest BCUT2D eigenvalue weighted by Crippen LogP contribution is 2.12.